The Hall–Kier alpha value is -1.22. The molecule has 3 heteroatoms. The maximum absolute atomic E-state index is 9.40. The molecule has 0 radical (unpaired) electrons. The molecule has 0 unspecified atom stereocenters. The average Bonchev–Trinajstić information content (AvgIpc) is 2.43. The quantitative estimate of drug-likeness (QED) is 0.866. The summed E-state index contributed by atoms with van der Waals surface area (Å²) < 4.78 is 0. The van der Waals surface area contributed by atoms with E-state index in [1.807, 2.05) is 12.1 Å². The van der Waals surface area contributed by atoms with Gasteiger partial charge in [0, 0.05) is 31.2 Å². The van der Waals surface area contributed by atoms with Crippen LogP contribution in [0.1, 0.15) is 32.6 Å². The summed E-state index contributed by atoms with van der Waals surface area (Å²) >= 11 is 0. The van der Waals surface area contributed by atoms with Crippen molar-refractivity contribution >= 4 is 5.69 Å². The molecule has 3 nitrogen and oxygen atoms in total. The number of benzene rings is 1. The van der Waals surface area contributed by atoms with Crippen molar-refractivity contribution in [2.45, 2.75) is 32.6 Å². The van der Waals surface area contributed by atoms with Gasteiger partial charge in [0.05, 0.1) is 0 Å². The maximum atomic E-state index is 9.40. The van der Waals surface area contributed by atoms with E-state index in [0.29, 0.717) is 11.2 Å². The minimum absolute atomic E-state index is 0.332. The van der Waals surface area contributed by atoms with Gasteiger partial charge in [-0.05, 0) is 50.1 Å². The van der Waals surface area contributed by atoms with E-state index in [4.69, 9.17) is 0 Å². The third-order valence-corrected chi connectivity index (χ3v) is 4.75. The molecule has 20 heavy (non-hydrogen) atoms. The highest BCUT2D eigenvalue weighted by Crippen LogP contribution is 2.39. The fourth-order valence-electron chi connectivity index (χ4n) is 3.44. The smallest absolute Gasteiger partial charge is 0.115 e. The zero-order chi connectivity index (χ0) is 14.6. The van der Waals surface area contributed by atoms with Crippen molar-refractivity contribution in [1.82, 2.24) is 5.32 Å². The van der Waals surface area contributed by atoms with Crippen molar-refractivity contribution in [3.63, 3.8) is 0 Å². The van der Waals surface area contributed by atoms with Crippen LogP contribution in [-0.2, 0) is 0 Å². The first-order chi connectivity index (χ1) is 9.54. The highest BCUT2D eigenvalue weighted by molar-refractivity contribution is 5.48. The van der Waals surface area contributed by atoms with Gasteiger partial charge in [-0.2, -0.15) is 0 Å². The van der Waals surface area contributed by atoms with Crippen LogP contribution in [0.25, 0.3) is 0 Å². The van der Waals surface area contributed by atoms with Gasteiger partial charge in [0.2, 0.25) is 0 Å². The number of hydrogen-bond donors (Lipinski definition) is 2. The molecule has 0 bridgehead atoms. The van der Waals surface area contributed by atoms with Gasteiger partial charge >= 0.3 is 0 Å². The number of aromatic hydroxyl groups is 1. The summed E-state index contributed by atoms with van der Waals surface area (Å²) in [6.07, 6.45) is 5.28. The molecule has 0 aliphatic heterocycles. The summed E-state index contributed by atoms with van der Waals surface area (Å²) in [5.74, 6) is 1.21. The van der Waals surface area contributed by atoms with Crippen molar-refractivity contribution in [2.75, 3.05) is 32.1 Å². The van der Waals surface area contributed by atoms with Gasteiger partial charge in [-0.1, -0.05) is 19.8 Å². The maximum Gasteiger partial charge on any atom is 0.115 e. The predicted octanol–water partition coefficient (Wildman–Crippen LogP) is 3.24. The third kappa shape index (κ3) is 3.66. The molecule has 0 aromatic heterocycles. The molecule has 2 N–H and O–H groups in total. The summed E-state index contributed by atoms with van der Waals surface area (Å²) in [5.41, 5.74) is 1.56. The Morgan fingerprint density at radius 3 is 2.40 bits per heavy atom. The molecule has 112 valence electrons. The second-order valence-corrected chi connectivity index (χ2v) is 6.59. The lowest BCUT2D eigenvalue weighted by Gasteiger charge is -2.42. The molecule has 0 heterocycles. The molecule has 1 aromatic carbocycles. The van der Waals surface area contributed by atoms with Crippen LogP contribution in [0, 0.1) is 11.3 Å². The zero-order valence-electron chi connectivity index (χ0n) is 13.0. The van der Waals surface area contributed by atoms with E-state index in [-0.39, 0.29) is 0 Å². The summed E-state index contributed by atoms with van der Waals surface area (Å²) in [4.78, 5) is 2.33. The lowest BCUT2D eigenvalue weighted by molar-refractivity contribution is 0.161. The minimum atomic E-state index is 0.332. The van der Waals surface area contributed by atoms with Crippen LogP contribution in [-0.4, -0.2) is 32.3 Å². The fraction of sp³-hybridized carbons (Fsp3) is 0.647. The van der Waals surface area contributed by atoms with Crippen LogP contribution in [0.3, 0.4) is 0 Å². The first kappa shape index (κ1) is 15.2. The Morgan fingerprint density at radius 2 is 1.85 bits per heavy atom. The SMILES string of the molecule is CNCC1(CN(C)c2ccc(O)cc2)CCC(C)CC1. The fourth-order valence-corrected chi connectivity index (χ4v) is 3.44. The Kier molecular flexibility index (Phi) is 4.92. The zero-order valence-corrected chi connectivity index (χ0v) is 13.0. The van der Waals surface area contributed by atoms with Crippen LogP contribution >= 0.6 is 0 Å². The van der Waals surface area contributed by atoms with Gasteiger partial charge in [0.1, 0.15) is 5.75 Å². The van der Waals surface area contributed by atoms with Gasteiger partial charge in [-0.3, -0.25) is 0 Å². The second kappa shape index (κ2) is 6.49. The van der Waals surface area contributed by atoms with E-state index < -0.39 is 0 Å². The van der Waals surface area contributed by atoms with Gasteiger partial charge in [-0.15, -0.1) is 0 Å². The second-order valence-electron chi connectivity index (χ2n) is 6.59. The van der Waals surface area contributed by atoms with Crippen LogP contribution < -0.4 is 10.2 Å². The van der Waals surface area contributed by atoms with Crippen molar-refractivity contribution in [3.05, 3.63) is 24.3 Å². The van der Waals surface area contributed by atoms with Crippen molar-refractivity contribution in [2.24, 2.45) is 11.3 Å². The topological polar surface area (TPSA) is 35.5 Å². The molecular weight excluding hydrogens is 248 g/mol. The van der Waals surface area contributed by atoms with Crippen LogP contribution in [0.4, 0.5) is 5.69 Å². The molecule has 0 amide bonds. The predicted molar refractivity (Wildman–Crippen MR) is 85.4 cm³/mol. The summed E-state index contributed by atoms with van der Waals surface area (Å²) in [6, 6.07) is 7.51. The first-order valence-electron chi connectivity index (χ1n) is 7.69. The van der Waals surface area contributed by atoms with Crippen LogP contribution in [0.15, 0.2) is 24.3 Å². The number of nitrogens with one attached hydrogen (secondary N) is 1. The number of anilines is 1. The lowest BCUT2D eigenvalue weighted by atomic mass is 9.70. The van der Waals surface area contributed by atoms with E-state index in [9.17, 15) is 5.11 Å². The van der Waals surface area contributed by atoms with Gasteiger partial charge in [0.25, 0.3) is 0 Å². The van der Waals surface area contributed by atoms with E-state index in [1.165, 1.54) is 31.4 Å². The highest BCUT2D eigenvalue weighted by Gasteiger charge is 2.34. The van der Waals surface area contributed by atoms with Gasteiger partial charge in [0.15, 0.2) is 0 Å². The first-order valence-corrected chi connectivity index (χ1v) is 7.69. The van der Waals surface area contributed by atoms with E-state index >= 15 is 0 Å². The van der Waals surface area contributed by atoms with Crippen LogP contribution in [0.5, 0.6) is 5.75 Å². The molecule has 2 rings (SSSR count). The largest absolute Gasteiger partial charge is 0.508 e. The van der Waals surface area contributed by atoms with Gasteiger partial charge in [-0.25, -0.2) is 0 Å². The van der Waals surface area contributed by atoms with E-state index in [1.54, 1.807) is 12.1 Å². The average molecular weight is 276 g/mol. The number of hydrogen-bond acceptors (Lipinski definition) is 3. The number of rotatable bonds is 5. The Balaban J connectivity index is 2.05. The van der Waals surface area contributed by atoms with Crippen LogP contribution in [0.2, 0.25) is 0 Å². The molecule has 0 atom stereocenters. The molecule has 1 fully saturated rings. The molecule has 1 aliphatic carbocycles. The molecule has 0 spiro atoms. The lowest BCUT2D eigenvalue weighted by Crippen LogP contribution is -2.44. The molecule has 1 aromatic rings. The molecular formula is C17H28N2O. The number of phenols is 1. The Labute approximate surface area is 123 Å². The number of nitrogens with zero attached hydrogens (tertiary/aromatic N) is 1. The van der Waals surface area contributed by atoms with Crippen molar-refractivity contribution in [3.8, 4) is 5.75 Å². The molecule has 1 aliphatic rings. The standard InChI is InChI=1S/C17H28N2O/c1-14-8-10-17(11-9-14,12-18-2)13-19(3)15-4-6-16(20)7-5-15/h4-7,14,18,20H,8-13H2,1-3H3. The van der Waals surface area contributed by atoms with Crippen molar-refractivity contribution < 1.29 is 5.11 Å². The van der Waals surface area contributed by atoms with Gasteiger partial charge < -0.3 is 15.3 Å². The summed E-state index contributed by atoms with van der Waals surface area (Å²) in [5, 5.41) is 12.8. The normalized spacial score (nSPS) is 26.4. The van der Waals surface area contributed by atoms with E-state index in [0.717, 1.165) is 19.0 Å². The Morgan fingerprint density at radius 1 is 1.25 bits per heavy atom. The highest BCUT2D eigenvalue weighted by atomic mass is 16.3. The number of phenolic OH excluding ortho intramolecular Hbond substituents is 1. The van der Waals surface area contributed by atoms with E-state index in [2.05, 4.69) is 31.2 Å². The molecule has 0 saturated heterocycles. The third-order valence-electron chi connectivity index (χ3n) is 4.75. The van der Waals surface area contributed by atoms with Crippen molar-refractivity contribution in [1.29, 1.82) is 0 Å². The minimum Gasteiger partial charge on any atom is -0.508 e. The molecule has 1 saturated carbocycles. The summed E-state index contributed by atoms with van der Waals surface area (Å²) in [6.45, 7) is 4.53. The monoisotopic (exact) mass is 276 g/mol. The Bertz CT molecular complexity index is 408. The summed E-state index contributed by atoms with van der Waals surface area (Å²) in [7, 11) is 4.21.